The molecule has 1 fully saturated rings. The Morgan fingerprint density at radius 3 is 2.41 bits per heavy atom. The normalized spacial score (nSPS) is 23.3. The first kappa shape index (κ1) is 18.0. The van der Waals surface area contributed by atoms with Gasteiger partial charge in [0.25, 0.3) is 0 Å². The highest BCUT2D eigenvalue weighted by Crippen LogP contribution is 2.46. The number of aliphatic imine (C=N–C) groups is 1. The maximum absolute atomic E-state index is 13.5. The van der Waals surface area contributed by atoms with Gasteiger partial charge in [-0.15, -0.1) is 0 Å². The van der Waals surface area contributed by atoms with E-state index in [4.69, 9.17) is 11.6 Å². The summed E-state index contributed by atoms with van der Waals surface area (Å²) in [7, 11) is 0. The molecule has 1 N–H and O–H groups in total. The molecule has 0 saturated heterocycles. The van der Waals surface area contributed by atoms with Gasteiger partial charge in [0.1, 0.15) is 17.2 Å². The molecule has 6 heteroatoms. The molecule has 2 aliphatic carbocycles. The van der Waals surface area contributed by atoms with Crippen LogP contribution in [0.4, 0.5) is 0 Å². The van der Waals surface area contributed by atoms with Crippen LogP contribution < -0.4 is 0 Å². The third-order valence-electron chi connectivity index (χ3n) is 5.90. The van der Waals surface area contributed by atoms with E-state index in [-0.39, 0.29) is 45.5 Å². The van der Waals surface area contributed by atoms with Crippen LogP contribution >= 0.6 is 11.6 Å². The van der Waals surface area contributed by atoms with Gasteiger partial charge in [-0.3, -0.25) is 19.4 Å². The lowest BCUT2D eigenvalue weighted by molar-refractivity contribution is -0.121. The van der Waals surface area contributed by atoms with Gasteiger partial charge in [0, 0.05) is 39.8 Å². The third kappa shape index (κ3) is 2.69. The fourth-order valence-corrected chi connectivity index (χ4v) is 4.73. The molecule has 0 radical (unpaired) electrons. The van der Waals surface area contributed by atoms with Crippen LogP contribution in [0.5, 0.6) is 5.75 Å². The van der Waals surface area contributed by atoms with E-state index in [0.29, 0.717) is 30.0 Å². The van der Waals surface area contributed by atoms with E-state index in [1.54, 1.807) is 24.3 Å². The number of ketones is 3. The summed E-state index contributed by atoms with van der Waals surface area (Å²) < 4.78 is 0. The Kier molecular flexibility index (Phi) is 4.03. The standard InChI is InChI=1S/C23H16ClNO4/c24-12-6-4-11(5-7-12)18-19-16(2-1-3-17(19)27)25-21-20(18)22(28)15-10-13(26)8-9-14(15)23(21)29/h4-10,18-19,26H,1-3H2. The van der Waals surface area contributed by atoms with Gasteiger partial charge in [0.15, 0.2) is 5.78 Å². The lowest BCUT2D eigenvalue weighted by Crippen LogP contribution is -2.41. The Morgan fingerprint density at radius 2 is 1.66 bits per heavy atom. The molecule has 2 unspecified atom stereocenters. The van der Waals surface area contributed by atoms with Gasteiger partial charge in [-0.1, -0.05) is 23.7 Å². The zero-order valence-electron chi connectivity index (χ0n) is 15.3. The topological polar surface area (TPSA) is 83.8 Å². The Morgan fingerprint density at radius 1 is 0.897 bits per heavy atom. The molecule has 2 atom stereocenters. The Hall–Kier alpha value is -3.05. The van der Waals surface area contributed by atoms with Gasteiger partial charge in [-0.05, 0) is 48.7 Å². The summed E-state index contributed by atoms with van der Waals surface area (Å²) in [5.41, 5.74) is 2.15. The monoisotopic (exact) mass is 405 g/mol. The number of hydrogen-bond acceptors (Lipinski definition) is 5. The Labute approximate surface area is 171 Å². The van der Waals surface area contributed by atoms with Crippen molar-refractivity contribution in [2.45, 2.75) is 25.2 Å². The van der Waals surface area contributed by atoms with E-state index in [0.717, 1.165) is 5.56 Å². The van der Waals surface area contributed by atoms with Crippen molar-refractivity contribution in [3.63, 3.8) is 0 Å². The molecule has 0 bridgehead atoms. The van der Waals surface area contributed by atoms with Crippen molar-refractivity contribution in [2.75, 3.05) is 0 Å². The summed E-state index contributed by atoms with van der Waals surface area (Å²) >= 11 is 6.04. The number of carbonyl (C=O) groups excluding carboxylic acids is 3. The number of aromatic hydroxyl groups is 1. The van der Waals surface area contributed by atoms with Crippen molar-refractivity contribution in [1.82, 2.24) is 0 Å². The van der Waals surface area contributed by atoms with Gasteiger partial charge in [0.05, 0.1) is 5.92 Å². The van der Waals surface area contributed by atoms with E-state index in [2.05, 4.69) is 4.99 Å². The fourth-order valence-electron chi connectivity index (χ4n) is 4.60. The van der Waals surface area contributed by atoms with E-state index in [1.165, 1.54) is 18.2 Å². The third-order valence-corrected chi connectivity index (χ3v) is 6.15. The van der Waals surface area contributed by atoms with E-state index >= 15 is 0 Å². The second-order valence-corrected chi connectivity index (χ2v) is 8.02. The molecule has 0 amide bonds. The summed E-state index contributed by atoms with van der Waals surface area (Å²) in [6, 6.07) is 11.1. The molecule has 0 spiro atoms. The van der Waals surface area contributed by atoms with Crippen LogP contribution in [0.15, 0.2) is 58.7 Å². The summed E-state index contributed by atoms with van der Waals surface area (Å²) in [6.45, 7) is 0. The minimum absolute atomic E-state index is 0.0310. The SMILES string of the molecule is O=C1C2=C(C(=O)c3cc(O)ccc31)C(c1ccc(Cl)cc1)C1C(=O)CCCC1=N2. The number of rotatable bonds is 1. The second kappa shape index (κ2) is 6.49. The van der Waals surface area contributed by atoms with E-state index in [1.807, 2.05) is 0 Å². The summed E-state index contributed by atoms with van der Waals surface area (Å²) in [6.07, 6.45) is 1.74. The molecular formula is C23H16ClNO4. The molecule has 5 rings (SSSR count). The molecule has 29 heavy (non-hydrogen) atoms. The molecule has 1 saturated carbocycles. The predicted molar refractivity (Wildman–Crippen MR) is 108 cm³/mol. The van der Waals surface area contributed by atoms with Gasteiger partial charge < -0.3 is 5.11 Å². The minimum Gasteiger partial charge on any atom is -0.508 e. The first-order valence-corrected chi connectivity index (χ1v) is 9.85. The highest BCUT2D eigenvalue weighted by Gasteiger charge is 2.47. The maximum Gasteiger partial charge on any atom is 0.212 e. The zero-order valence-corrected chi connectivity index (χ0v) is 16.1. The molecule has 2 aromatic carbocycles. The lowest BCUT2D eigenvalue weighted by Gasteiger charge is -2.37. The lowest BCUT2D eigenvalue weighted by atomic mass is 9.66. The highest BCUT2D eigenvalue weighted by molar-refractivity contribution is 6.31. The molecular weight excluding hydrogens is 390 g/mol. The first-order chi connectivity index (χ1) is 14.0. The van der Waals surface area contributed by atoms with Crippen molar-refractivity contribution in [3.8, 4) is 5.75 Å². The van der Waals surface area contributed by atoms with Crippen molar-refractivity contribution < 1.29 is 19.5 Å². The van der Waals surface area contributed by atoms with Crippen LogP contribution in [0.25, 0.3) is 0 Å². The molecule has 1 aliphatic heterocycles. The summed E-state index contributed by atoms with van der Waals surface area (Å²) in [5, 5.41) is 10.4. The van der Waals surface area contributed by atoms with Crippen molar-refractivity contribution in [1.29, 1.82) is 0 Å². The molecule has 1 heterocycles. The zero-order chi connectivity index (χ0) is 20.3. The van der Waals surface area contributed by atoms with Crippen LogP contribution in [-0.2, 0) is 4.79 Å². The summed E-state index contributed by atoms with van der Waals surface area (Å²) in [5.74, 6) is -1.92. The predicted octanol–water partition coefficient (Wildman–Crippen LogP) is 4.29. The van der Waals surface area contributed by atoms with Gasteiger partial charge in [-0.2, -0.15) is 0 Å². The first-order valence-electron chi connectivity index (χ1n) is 9.48. The number of phenols is 1. The Bertz CT molecular complexity index is 1160. The average Bonchev–Trinajstić information content (AvgIpc) is 2.71. The van der Waals surface area contributed by atoms with Gasteiger partial charge >= 0.3 is 0 Å². The van der Waals surface area contributed by atoms with Crippen molar-refractivity contribution in [2.24, 2.45) is 10.9 Å². The average molecular weight is 406 g/mol. The molecule has 3 aliphatic rings. The maximum atomic E-state index is 13.5. The molecule has 144 valence electrons. The van der Waals surface area contributed by atoms with Crippen LogP contribution in [0.1, 0.15) is 51.5 Å². The van der Waals surface area contributed by atoms with Gasteiger partial charge in [-0.25, -0.2) is 0 Å². The molecule has 0 aromatic heterocycles. The van der Waals surface area contributed by atoms with E-state index in [9.17, 15) is 19.5 Å². The van der Waals surface area contributed by atoms with Gasteiger partial charge in [0.2, 0.25) is 5.78 Å². The summed E-state index contributed by atoms with van der Waals surface area (Å²) in [4.78, 5) is 44.1. The molecule has 5 nitrogen and oxygen atoms in total. The number of nitrogens with zero attached hydrogens (tertiary/aromatic N) is 1. The number of phenolic OH excluding ortho intramolecular Hbond substituents is 1. The van der Waals surface area contributed by atoms with Crippen LogP contribution in [0, 0.1) is 5.92 Å². The number of halogens is 1. The second-order valence-electron chi connectivity index (χ2n) is 7.58. The smallest absolute Gasteiger partial charge is 0.212 e. The quantitative estimate of drug-likeness (QED) is 0.767. The number of fused-ring (bicyclic) bond motifs is 2. The Balaban J connectivity index is 1.77. The number of carbonyl (C=O) groups is 3. The van der Waals surface area contributed by atoms with Crippen LogP contribution in [0.2, 0.25) is 5.02 Å². The van der Waals surface area contributed by atoms with Crippen LogP contribution in [-0.4, -0.2) is 28.2 Å². The van der Waals surface area contributed by atoms with Crippen LogP contribution in [0.3, 0.4) is 0 Å². The van der Waals surface area contributed by atoms with Crippen molar-refractivity contribution in [3.05, 3.63) is 75.4 Å². The van der Waals surface area contributed by atoms with E-state index < -0.39 is 11.8 Å². The number of allylic oxidation sites excluding steroid dienone is 2. The minimum atomic E-state index is -0.588. The number of benzene rings is 2. The molecule has 2 aromatic rings. The van der Waals surface area contributed by atoms with Crippen molar-refractivity contribution >= 4 is 34.7 Å². The largest absolute Gasteiger partial charge is 0.508 e. The number of Topliss-reactive ketones (excluding diaryl/α,β-unsaturated/α-hetero) is 3. The highest BCUT2D eigenvalue weighted by atomic mass is 35.5. The fraction of sp³-hybridized carbons (Fsp3) is 0.217. The number of hydrogen-bond donors (Lipinski definition) is 1.